The summed E-state index contributed by atoms with van der Waals surface area (Å²) in [5.41, 5.74) is 2.92. The molecule has 1 saturated heterocycles. The van der Waals surface area contributed by atoms with E-state index in [1.807, 2.05) is 49.5 Å². The first kappa shape index (κ1) is 21.2. The fourth-order valence-electron chi connectivity index (χ4n) is 4.15. The van der Waals surface area contributed by atoms with Crippen molar-refractivity contribution in [2.24, 2.45) is 0 Å². The molecule has 3 aromatic carbocycles. The average molecular weight is 440 g/mol. The summed E-state index contributed by atoms with van der Waals surface area (Å²) in [6, 6.07) is 22.5. The van der Waals surface area contributed by atoms with E-state index in [9.17, 15) is 0 Å². The lowest BCUT2D eigenvalue weighted by Crippen LogP contribution is -2.25. The second-order valence-electron chi connectivity index (χ2n) is 8.42. The molecule has 2 heterocycles. The Balaban J connectivity index is 1.24. The van der Waals surface area contributed by atoms with Gasteiger partial charge in [0.1, 0.15) is 18.2 Å². The summed E-state index contributed by atoms with van der Waals surface area (Å²) in [6.07, 6.45) is 4.44. The van der Waals surface area contributed by atoms with Crippen LogP contribution in [0.2, 0.25) is 0 Å². The van der Waals surface area contributed by atoms with Crippen molar-refractivity contribution in [3.63, 3.8) is 0 Å². The highest BCUT2D eigenvalue weighted by molar-refractivity contribution is 5.95. The Morgan fingerprint density at radius 1 is 0.909 bits per heavy atom. The topological polar surface area (TPSA) is 62.3 Å². The Bertz CT molecular complexity index is 1210. The normalized spacial score (nSPS) is 13.8. The first-order valence-corrected chi connectivity index (χ1v) is 11.6. The van der Waals surface area contributed by atoms with Gasteiger partial charge >= 0.3 is 0 Å². The smallest absolute Gasteiger partial charge is 0.229 e. The summed E-state index contributed by atoms with van der Waals surface area (Å²) in [5.74, 6) is 2.21. The van der Waals surface area contributed by atoms with Gasteiger partial charge in [-0.05, 0) is 68.6 Å². The van der Waals surface area contributed by atoms with Crippen LogP contribution in [-0.2, 0) is 0 Å². The van der Waals surface area contributed by atoms with Crippen molar-refractivity contribution in [3.8, 4) is 5.75 Å². The highest BCUT2D eigenvalue weighted by atomic mass is 16.5. The SMILES string of the molecule is Cc1cnc(Nc2ccc(OCCN3CCCC3)cc2)nc1Nc1cccc2ccccc12. The van der Waals surface area contributed by atoms with Gasteiger partial charge in [0.05, 0.1) is 0 Å². The molecule has 0 saturated carbocycles. The Morgan fingerprint density at radius 3 is 2.55 bits per heavy atom. The molecule has 6 heteroatoms. The number of aromatic nitrogens is 2. The van der Waals surface area contributed by atoms with E-state index in [1.165, 1.54) is 31.3 Å². The molecular weight excluding hydrogens is 410 g/mol. The van der Waals surface area contributed by atoms with E-state index in [0.29, 0.717) is 5.95 Å². The van der Waals surface area contributed by atoms with Gasteiger partial charge in [-0.15, -0.1) is 0 Å². The summed E-state index contributed by atoms with van der Waals surface area (Å²) in [4.78, 5) is 11.6. The molecule has 0 atom stereocenters. The van der Waals surface area contributed by atoms with E-state index < -0.39 is 0 Å². The van der Waals surface area contributed by atoms with Crippen LogP contribution in [0.1, 0.15) is 18.4 Å². The summed E-state index contributed by atoms with van der Waals surface area (Å²) < 4.78 is 5.90. The number of nitrogens with one attached hydrogen (secondary N) is 2. The van der Waals surface area contributed by atoms with Crippen LogP contribution in [-0.4, -0.2) is 41.1 Å². The van der Waals surface area contributed by atoms with Crippen LogP contribution in [0.5, 0.6) is 5.75 Å². The molecule has 1 aromatic heterocycles. The number of nitrogens with zero attached hydrogens (tertiary/aromatic N) is 3. The van der Waals surface area contributed by atoms with Crippen molar-refractivity contribution in [1.82, 2.24) is 14.9 Å². The second-order valence-corrected chi connectivity index (χ2v) is 8.42. The first-order valence-electron chi connectivity index (χ1n) is 11.6. The maximum Gasteiger partial charge on any atom is 0.229 e. The molecule has 0 radical (unpaired) electrons. The molecule has 33 heavy (non-hydrogen) atoms. The number of ether oxygens (including phenoxy) is 1. The van der Waals surface area contributed by atoms with E-state index in [1.54, 1.807) is 0 Å². The van der Waals surface area contributed by atoms with Crippen molar-refractivity contribution >= 4 is 33.9 Å². The molecule has 5 rings (SSSR count). The molecule has 0 aliphatic carbocycles. The molecule has 6 nitrogen and oxygen atoms in total. The highest BCUT2D eigenvalue weighted by Crippen LogP contribution is 2.27. The Kier molecular flexibility index (Phi) is 6.35. The van der Waals surface area contributed by atoms with Gasteiger partial charge in [-0.2, -0.15) is 4.98 Å². The minimum absolute atomic E-state index is 0.547. The van der Waals surface area contributed by atoms with Crippen LogP contribution >= 0.6 is 0 Å². The van der Waals surface area contributed by atoms with Crippen LogP contribution in [0.3, 0.4) is 0 Å². The van der Waals surface area contributed by atoms with E-state index in [0.717, 1.165) is 47.0 Å². The van der Waals surface area contributed by atoms with Crippen LogP contribution in [0.25, 0.3) is 10.8 Å². The van der Waals surface area contributed by atoms with Crippen molar-refractivity contribution in [3.05, 3.63) is 78.5 Å². The number of rotatable bonds is 8. The van der Waals surface area contributed by atoms with Gasteiger partial charge in [-0.1, -0.05) is 36.4 Å². The first-order chi connectivity index (χ1) is 16.2. The zero-order chi connectivity index (χ0) is 22.5. The fraction of sp³-hybridized carbons (Fsp3) is 0.259. The second kappa shape index (κ2) is 9.88. The van der Waals surface area contributed by atoms with Crippen molar-refractivity contribution < 1.29 is 4.74 Å². The van der Waals surface area contributed by atoms with Crippen molar-refractivity contribution in [2.75, 3.05) is 36.9 Å². The molecule has 0 unspecified atom stereocenters. The minimum Gasteiger partial charge on any atom is -0.492 e. The fourth-order valence-corrected chi connectivity index (χ4v) is 4.15. The largest absolute Gasteiger partial charge is 0.492 e. The third-order valence-electron chi connectivity index (χ3n) is 6.00. The lowest BCUT2D eigenvalue weighted by atomic mass is 10.1. The Morgan fingerprint density at radius 2 is 1.70 bits per heavy atom. The predicted molar refractivity (Wildman–Crippen MR) is 135 cm³/mol. The summed E-state index contributed by atoms with van der Waals surface area (Å²) >= 11 is 0. The average Bonchev–Trinajstić information content (AvgIpc) is 3.36. The Labute approximate surface area is 194 Å². The van der Waals surface area contributed by atoms with Crippen LogP contribution in [0.4, 0.5) is 23.1 Å². The lowest BCUT2D eigenvalue weighted by molar-refractivity contribution is 0.238. The number of benzene rings is 3. The molecular formula is C27H29N5O. The quantitative estimate of drug-likeness (QED) is 0.356. The lowest BCUT2D eigenvalue weighted by Gasteiger charge is -2.15. The van der Waals surface area contributed by atoms with Gasteiger partial charge < -0.3 is 15.4 Å². The monoisotopic (exact) mass is 439 g/mol. The third-order valence-corrected chi connectivity index (χ3v) is 6.00. The van der Waals surface area contributed by atoms with Crippen LogP contribution < -0.4 is 15.4 Å². The number of hydrogen-bond acceptors (Lipinski definition) is 6. The molecule has 0 amide bonds. The van der Waals surface area contributed by atoms with Gasteiger partial charge in [-0.3, -0.25) is 4.90 Å². The zero-order valence-corrected chi connectivity index (χ0v) is 18.9. The molecule has 0 bridgehead atoms. The third kappa shape index (κ3) is 5.23. The van der Waals surface area contributed by atoms with Gasteiger partial charge in [0.15, 0.2) is 0 Å². The van der Waals surface area contributed by atoms with Crippen molar-refractivity contribution in [1.29, 1.82) is 0 Å². The molecule has 0 spiro atoms. The summed E-state index contributed by atoms with van der Waals surface area (Å²) in [5, 5.41) is 9.13. The number of fused-ring (bicyclic) bond motifs is 1. The molecule has 1 aliphatic rings. The van der Waals surface area contributed by atoms with Gasteiger partial charge in [0, 0.05) is 35.1 Å². The Hall–Kier alpha value is -3.64. The standard InChI is InChI=1S/C27H29N5O/c1-20-19-28-27(31-26(20)30-25-10-6-8-21-7-2-3-9-24(21)25)29-22-11-13-23(14-12-22)33-18-17-32-15-4-5-16-32/h2-3,6-14,19H,4-5,15-18H2,1H3,(H2,28,29,30,31). The molecule has 1 aliphatic heterocycles. The maximum absolute atomic E-state index is 5.90. The number of likely N-dealkylation sites (tertiary alicyclic amines) is 1. The van der Waals surface area contributed by atoms with E-state index in [-0.39, 0.29) is 0 Å². The number of anilines is 4. The summed E-state index contributed by atoms with van der Waals surface area (Å²) in [7, 11) is 0. The maximum atomic E-state index is 5.90. The molecule has 168 valence electrons. The predicted octanol–water partition coefficient (Wildman–Crippen LogP) is 5.90. The number of aryl methyl sites for hydroxylation is 1. The van der Waals surface area contributed by atoms with Crippen molar-refractivity contribution in [2.45, 2.75) is 19.8 Å². The van der Waals surface area contributed by atoms with Gasteiger partial charge in [-0.25, -0.2) is 4.98 Å². The minimum atomic E-state index is 0.547. The van der Waals surface area contributed by atoms with E-state index in [2.05, 4.69) is 50.8 Å². The molecule has 4 aromatic rings. The zero-order valence-electron chi connectivity index (χ0n) is 18.9. The van der Waals surface area contributed by atoms with Gasteiger partial charge in [0.2, 0.25) is 5.95 Å². The van der Waals surface area contributed by atoms with Gasteiger partial charge in [0.25, 0.3) is 0 Å². The van der Waals surface area contributed by atoms with Crippen LogP contribution in [0, 0.1) is 6.92 Å². The highest BCUT2D eigenvalue weighted by Gasteiger charge is 2.11. The molecule has 2 N–H and O–H groups in total. The van der Waals surface area contributed by atoms with Crippen LogP contribution in [0.15, 0.2) is 72.9 Å². The molecule has 1 fully saturated rings. The number of hydrogen-bond donors (Lipinski definition) is 2. The van der Waals surface area contributed by atoms with E-state index in [4.69, 9.17) is 9.72 Å². The van der Waals surface area contributed by atoms with E-state index >= 15 is 0 Å². The summed E-state index contributed by atoms with van der Waals surface area (Å²) in [6.45, 7) is 6.10.